The maximum atomic E-state index is 11.4. The van der Waals surface area contributed by atoms with Crippen LogP contribution in [0.3, 0.4) is 0 Å². The zero-order chi connectivity index (χ0) is 14.3. The molecule has 4 nitrogen and oxygen atoms in total. The van der Waals surface area contributed by atoms with Gasteiger partial charge in [-0.2, -0.15) is 0 Å². The Balaban J connectivity index is 2.28. The normalized spacial score (nSPS) is 10.2. The largest absolute Gasteiger partial charge is 0.481 e. The molecule has 0 saturated carbocycles. The van der Waals surface area contributed by atoms with Gasteiger partial charge in [-0.15, -0.1) is 11.8 Å². The van der Waals surface area contributed by atoms with Gasteiger partial charge in [0.2, 0.25) is 5.91 Å². The van der Waals surface area contributed by atoms with Crippen molar-refractivity contribution in [3.63, 3.8) is 0 Å². The standard InChI is InChI=1S/C12H13BrClNO3S/c13-10-2-1-9(14)5-8(10)3-4-15-11(16)6-19-7-12(17)18/h1-2,5H,3-4,6-7H2,(H,15,16)(H,17,18). The van der Waals surface area contributed by atoms with Gasteiger partial charge in [0.05, 0.1) is 11.5 Å². The number of hydrogen-bond acceptors (Lipinski definition) is 3. The van der Waals surface area contributed by atoms with Crippen LogP contribution in [0.4, 0.5) is 0 Å². The Labute approximate surface area is 129 Å². The van der Waals surface area contributed by atoms with E-state index in [0.717, 1.165) is 21.8 Å². The Kier molecular flexibility index (Phi) is 7.27. The van der Waals surface area contributed by atoms with Crippen molar-refractivity contribution in [3.8, 4) is 0 Å². The monoisotopic (exact) mass is 365 g/mol. The van der Waals surface area contributed by atoms with Gasteiger partial charge >= 0.3 is 5.97 Å². The maximum Gasteiger partial charge on any atom is 0.313 e. The van der Waals surface area contributed by atoms with Crippen molar-refractivity contribution in [2.75, 3.05) is 18.1 Å². The number of carbonyl (C=O) groups is 2. The molecule has 0 radical (unpaired) electrons. The van der Waals surface area contributed by atoms with Gasteiger partial charge in [-0.05, 0) is 30.2 Å². The molecule has 0 unspecified atom stereocenters. The average Bonchev–Trinajstić information content (AvgIpc) is 2.33. The zero-order valence-corrected chi connectivity index (χ0v) is 13.1. The van der Waals surface area contributed by atoms with Gasteiger partial charge in [-0.25, -0.2) is 0 Å². The third-order valence-electron chi connectivity index (χ3n) is 2.18. The summed E-state index contributed by atoms with van der Waals surface area (Å²) in [5.41, 5.74) is 1.02. The summed E-state index contributed by atoms with van der Waals surface area (Å²) < 4.78 is 0.950. The molecule has 0 fully saturated rings. The second-order valence-electron chi connectivity index (χ2n) is 3.72. The molecule has 0 saturated heterocycles. The molecule has 0 aromatic heterocycles. The molecular weight excluding hydrogens is 354 g/mol. The van der Waals surface area contributed by atoms with Gasteiger partial charge in [0.1, 0.15) is 0 Å². The second kappa shape index (κ2) is 8.45. The summed E-state index contributed by atoms with van der Waals surface area (Å²) >= 11 is 10.4. The lowest BCUT2D eigenvalue weighted by Gasteiger charge is -2.07. The number of amides is 1. The lowest BCUT2D eigenvalue weighted by atomic mass is 10.1. The highest BCUT2D eigenvalue weighted by Gasteiger charge is 2.05. The zero-order valence-electron chi connectivity index (χ0n) is 9.99. The molecule has 0 aliphatic rings. The summed E-state index contributed by atoms with van der Waals surface area (Å²) in [6.45, 7) is 0.491. The lowest BCUT2D eigenvalue weighted by Crippen LogP contribution is -2.27. The van der Waals surface area contributed by atoms with E-state index < -0.39 is 5.97 Å². The molecule has 0 spiro atoms. The molecule has 104 valence electrons. The van der Waals surface area contributed by atoms with E-state index in [1.165, 1.54) is 0 Å². The molecule has 0 aliphatic carbocycles. The first-order chi connectivity index (χ1) is 8.99. The molecule has 0 aliphatic heterocycles. The fraction of sp³-hybridized carbons (Fsp3) is 0.333. The van der Waals surface area contributed by atoms with Gasteiger partial charge in [-0.3, -0.25) is 9.59 Å². The Morgan fingerprint density at radius 2 is 2.11 bits per heavy atom. The number of rotatable bonds is 7. The fourth-order valence-corrected chi connectivity index (χ4v) is 2.56. The van der Waals surface area contributed by atoms with Crippen molar-refractivity contribution in [1.29, 1.82) is 0 Å². The number of benzene rings is 1. The smallest absolute Gasteiger partial charge is 0.313 e. The number of thioether (sulfide) groups is 1. The summed E-state index contributed by atoms with van der Waals surface area (Å²) in [5.74, 6) is -0.985. The Hall–Kier alpha value is -0.720. The Morgan fingerprint density at radius 1 is 1.37 bits per heavy atom. The highest BCUT2D eigenvalue weighted by atomic mass is 79.9. The number of aliphatic carboxylic acids is 1. The minimum absolute atomic E-state index is 0.0622. The summed E-state index contributed by atoms with van der Waals surface area (Å²) in [5, 5.41) is 11.8. The molecular formula is C12H13BrClNO3S. The van der Waals surface area contributed by atoms with Crippen LogP contribution in [0.1, 0.15) is 5.56 Å². The quantitative estimate of drug-likeness (QED) is 0.778. The van der Waals surface area contributed by atoms with Crippen LogP contribution in [0.25, 0.3) is 0 Å². The predicted molar refractivity (Wildman–Crippen MR) is 80.8 cm³/mol. The summed E-state index contributed by atoms with van der Waals surface area (Å²) in [4.78, 5) is 21.7. The first kappa shape index (κ1) is 16.3. The first-order valence-electron chi connectivity index (χ1n) is 5.49. The predicted octanol–water partition coefficient (Wildman–Crippen LogP) is 2.58. The third kappa shape index (κ3) is 6.84. The van der Waals surface area contributed by atoms with Crippen LogP contribution in [0, 0.1) is 0 Å². The third-order valence-corrected chi connectivity index (χ3v) is 4.11. The second-order valence-corrected chi connectivity index (χ2v) is 6.00. The first-order valence-corrected chi connectivity index (χ1v) is 7.82. The molecule has 0 heterocycles. The van der Waals surface area contributed by atoms with Gasteiger partial charge in [0.25, 0.3) is 0 Å². The summed E-state index contributed by atoms with van der Waals surface area (Å²) in [6, 6.07) is 5.50. The van der Waals surface area contributed by atoms with Crippen LogP contribution in [-0.2, 0) is 16.0 Å². The van der Waals surface area contributed by atoms with Crippen molar-refractivity contribution in [2.45, 2.75) is 6.42 Å². The maximum absolute atomic E-state index is 11.4. The molecule has 1 aromatic rings. The van der Waals surface area contributed by atoms with E-state index in [-0.39, 0.29) is 17.4 Å². The van der Waals surface area contributed by atoms with E-state index in [2.05, 4.69) is 21.2 Å². The highest BCUT2D eigenvalue weighted by molar-refractivity contribution is 9.10. The van der Waals surface area contributed by atoms with E-state index in [0.29, 0.717) is 18.0 Å². The van der Waals surface area contributed by atoms with Crippen LogP contribution in [0.2, 0.25) is 5.02 Å². The fourth-order valence-electron chi connectivity index (χ4n) is 1.35. The number of nitrogens with one attached hydrogen (secondary N) is 1. The highest BCUT2D eigenvalue weighted by Crippen LogP contribution is 2.21. The molecule has 0 atom stereocenters. The van der Waals surface area contributed by atoms with Crippen molar-refractivity contribution < 1.29 is 14.7 Å². The van der Waals surface area contributed by atoms with E-state index in [1.54, 1.807) is 6.07 Å². The molecule has 2 N–H and O–H groups in total. The molecule has 1 rings (SSSR count). The number of halogens is 2. The van der Waals surface area contributed by atoms with Gasteiger partial charge in [-0.1, -0.05) is 27.5 Å². The minimum atomic E-state index is -0.916. The van der Waals surface area contributed by atoms with E-state index >= 15 is 0 Å². The van der Waals surface area contributed by atoms with Gasteiger partial charge < -0.3 is 10.4 Å². The molecule has 19 heavy (non-hydrogen) atoms. The van der Waals surface area contributed by atoms with Crippen LogP contribution < -0.4 is 5.32 Å². The summed E-state index contributed by atoms with van der Waals surface area (Å²) in [6.07, 6.45) is 0.663. The van der Waals surface area contributed by atoms with Crippen LogP contribution in [0.15, 0.2) is 22.7 Å². The van der Waals surface area contributed by atoms with E-state index in [1.807, 2.05) is 12.1 Å². The van der Waals surface area contributed by atoms with E-state index in [9.17, 15) is 9.59 Å². The minimum Gasteiger partial charge on any atom is -0.481 e. The Bertz CT molecular complexity index is 470. The van der Waals surface area contributed by atoms with Crippen molar-refractivity contribution in [2.24, 2.45) is 0 Å². The molecule has 0 bridgehead atoms. The SMILES string of the molecule is O=C(O)CSCC(=O)NCCc1cc(Cl)ccc1Br. The van der Waals surface area contributed by atoms with Crippen LogP contribution >= 0.6 is 39.3 Å². The number of carbonyl (C=O) groups excluding carboxylic acids is 1. The van der Waals surface area contributed by atoms with Crippen molar-refractivity contribution >= 4 is 51.2 Å². The number of hydrogen-bond donors (Lipinski definition) is 2. The van der Waals surface area contributed by atoms with E-state index in [4.69, 9.17) is 16.7 Å². The van der Waals surface area contributed by atoms with Gasteiger partial charge in [0.15, 0.2) is 0 Å². The van der Waals surface area contributed by atoms with Crippen molar-refractivity contribution in [3.05, 3.63) is 33.3 Å². The Morgan fingerprint density at radius 3 is 2.79 bits per heavy atom. The van der Waals surface area contributed by atoms with Crippen molar-refractivity contribution in [1.82, 2.24) is 5.32 Å². The lowest BCUT2D eigenvalue weighted by molar-refractivity contribution is -0.133. The number of carboxylic acids is 1. The molecule has 7 heteroatoms. The van der Waals surface area contributed by atoms with Gasteiger partial charge in [0, 0.05) is 16.0 Å². The molecule has 1 amide bonds. The number of carboxylic acid groups (broad SMARTS) is 1. The average molecular weight is 367 g/mol. The van der Waals surface area contributed by atoms with Crippen LogP contribution in [0.5, 0.6) is 0 Å². The van der Waals surface area contributed by atoms with Crippen LogP contribution in [-0.4, -0.2) is 35.0 Å². The topological polar surface area (TPSA) is 66.4 Å². The summed E-state index contributed by atoms with van der Waals surface area (Å²) in [7, 11) is 0. The molecule has 1 aromatic carbocycles.